The molecule has 3 aromatic rings. The van der Waals surface area contributed by atoms with Crippen molar-refractivity contribution in [2.75, 3.05) is 19.8 Å². The highest BCUT2D eigenvalue weighted by Gasteiger charge is 2.33. The molecule has 1 aliphatic rings. The minimum absolute atomic E-state index is 0.0450. The number of benzene rings is 1. The topological polar surface area (TPSA) is 86.3 Å². The number of rotatable bonds is 4. The Morgan fingerprint density at radius 3 is 2.96 bits per heavy atom. The number of hydrogen-bond acceptors (Lipinski definition) is 6. The summed E-state index contributed by atoms with van der Waals surface area (Å²) in [5.41, 5.74) is 0.936. The average molecular weight is 355 g/mol. The third-order valence-electron chi connectivity index (χ3n) is 4.52. The van der Waals surface area contributed by atoms with Crippen molar-refractivity contribution in [3.63, 3.8) is 0 Å². The molecule has 1 fully saturated rings. The van der Waals surface area contributed by atoms with E-state index in [0.29, 0.717) is 31.5 Å². The fourth-order valence-electron chi connectivity index (χ4n) is 3.09. The van der Waals surface area contributed by atoms with Crippen LogP contribution in [0, 0.1) is 0 Å². The first-order valence-electron chi connectivity index (χ1n) is 8.74. The minimum Gasteiger partial charge on any atom is -0.423 e. The zero-order chi connectivity index (χ0) is 18.1. The van der Waals surface area contributed by atoms with Crippen LogP contribution in [0.4, 0.5) is 0 Å². The molecule has 0 saturated carbocycles. The van der Waals surface area contributed by atoms with Gasteiger partial charge in [0.2, 0.25) is 17.7 Å². The van der Waals surface area contributed by atoms with Crippen molar-refractivity contribution in [3.05, 3.63) is 42.2 Å². The Morgan fingerprint density at radius 2 is 2.15 bits per heavy atom. The second-order valence-corrected chi connectivity index (χ2v) is 6.67. The van der Waals surface area contributed by atoms with Crippen LogP contribution in [-0.4, -0.2) is 50.5 Å². The summed E-state index contributed by atoms with van der Waals surface area (Å²) in [6.07, 6.45) is 1.77. The van der Waals surface area contributed by atoms with Gasteiger partial charge in [-0.3, -0.25) is 9.48 Å². The quantitative estimate of drug-likeness (QED) is 0.713. The number of hydrogen-bond donors (Lipinski definition) is 0. The average Bonchev–Trinajstić information content (AvgIpc) is 3.30. The van der Waals surface area contributed by atoms with E-state index in [2.05, 4.69) is 15.3 Å². The van der Waals surface area contributed by atoms with Gasteiger partial charge in [-0.2, -0.15) is 5.10 Å². The molecule has 1 saturated heterocycles. The Labute approximate surface area is 150 Å². The van der Waals surface area contributed by atoms with Gasteiger partial charge in [0.1, 0.15) is 12.6 Å². The van der Waals surface area contributed by atoms with Crippen LogP contribution >= 0.6 is 0 Å². The molecule has 3 heterocycles. The SMILES string of the molecule is CC(C)c1nnc([C@H]2COCCN2C(=O)Cn2ncc3ccccc32)o1. The van der Waals surface area contributed by atoms with Crippen LogP contribution in [0.3, 0.4) is 0 Å². The number of amides is 1. The maximum atomic E-state index is 13.0. The molecule has 0 bridgehead atoms. The van der Waals surface area contributed by atoms with E-state index in [1.807, 2.05) is 38.1 Å². The van der Waals surface area contributed by atoms with E-state index in [1.54, 1.807) is 15.8 Å². The van der Waals surface area contributed by atoms with Gasteiger partial charge >= 0.3 is 0 Å². The molecule has 0 aliphatic carbocycles. The van der Waals surface area contributed by atoms with E-state index in [-0.39, 0.29) is 24.4 Å². The van der Waals surface area contributed by atoms with Gasteiger partial charge in [-0.15, -0.1) is 10.2 Å². The molecule has 8 heteroatoms. The summed E-state index contributed by atoms with van der Waals surface area (Å²) in [5.74, 6) is 1.08. The molecule has 0 unspecified atom stereocenters. The summed E-state index contributed by atoms with van der Waals surface area (Å²) >= 11 is 0. The van der Waals surface area contributed by atoms with Crippen molar-refractivity contribution in [2.24, 2.45) is 0 Å². The smallest absolute Gasteiger partial charge is 0.245 e. The highest BCUT2D eigenvalue weighted by atomic mass is 16.5. The third-order valence-corrected chi connectivity index (χ3v) is 4.52. The van der Waals surface area contributed by atoms with Crippen LogP contribution in [0.25, 0.3) is 10.9 Å². The molecule has 0 N–H and O–H groups in total. The summed E-state index contributed by atoms with van der Waals surface area (Å²) in [6.45, 7) is 5.47. The number of nitrogens with zero attached hydrogens (tertiary/aromatic N) is 5. The number of ether oxygens (including phenoxy) is 1. The van der Waals surface area contributed by atoms with Crippen LogP contribution < -0.4 is 0 Å². The number of aromatic nitrogens is 4. The molecule has 2 aromatic heterocycles. The van der Waals surface area contributed by atoms with Crippen molar-refractivity contribution in [3.8, 4) is 0 Å². The lowest BCUT2D eigenvalue weighted by Crippen LogP contribution is -2.45. The molecular formula is C18H21N5O3. The van der Waals surface area contributed by atoms with Gasteiger partial charge in [0.15, 0.2) is 0 Å². The summed E-state index contributed by atoms with van der Waals surface area (Å²) < 4.78 is 13.0. The lowest BCUT2D eigenvalue weighted by atomic mass is 10.2. The summed E-state index contributed by atoms with van der Waals surface area (Å²) in [6, 6.07) is 7.47. The summed E-state index contributed by atoms with van der Waals surface area (Å²) in [5, 5.41) is 13.6. The second kappa shape index (κ2) is 6.87. The van der Waals surface area contributed by atoms with E-state index >= 15 is 0 Å². The first kappa shape index (κ1) is 16.7. The lowest BCUT2D eigenvalue weighted by molar-refractivity contribution is -0.142. The van der Waals surface area contributed by atoms with Crippen LogP contribution in [-0.2, 0) is 16.1 Å². The van der Waals surface area contributed by atoms with Gasteiger partial charge < -0.3 is 14.1 Å². The molecule has 1 amide bonds. The molecule has 1 atom stereocenters. The summed E-state index contributed by atoms with van der Waals surface area (Å²) in [7, 11) is 0. The number of morpholine rings is 1. The van der Waals surface area contributed by atoms with Gasteiger partial charge in [-0.05, 0) is 6.07 Å². The Hall–Kier alpha value is -2.74. The highest BCUT2D eigenvalue weighted by molar-refractivity contribution is 5.82. The van der Waals surface area contributed by atoms with Gasteiger partial charge in [0.05, 0.1) is 24.9 Å². The Balaban J connectivity index is 1.56. The van der Waals surface area contributed by atoms with Crippen molar-refractivity contribution < 1.29 is 13.9 Å². The van der Waals surface area contributed by atoms with E-state index in [0.717, 1.165) is 10.9 Å². The van der Waals surface area contributed by atoms with Crippen LogP contribution in [0.15, 0.2) is 34.9 Å². The van der Waals surface area contributed by atoms with E-state index in [4.69, 9.17) is 9.15 Å². The van der Waals surface area contributed by atoms with Gasteiger partial charge in [-0.1, -0.05) is 32.0 Å². The van der Waals surface area contributed by atoms with Crippen molar-refractivity contribution >= 4 is 16.8 Å². The number of para-hydroxylation sites is 1. The number of fused-ring (bicyclic) bond motifs is 1. The predicted octanol–water partition coefficient (Wildman–Crippen LogP) is 2.14. The van der Waals surface area contributed by atoms with Crippen LogP contribution in [0.5, 0.6) is 0 Å². The first-order chi connectivity index (χ1) is 12.6. The molecule has 4 rings (SSSR count). The zero-order valence-electron chi connectivity index (χ0n) is 14.8. The number of carbonyl (C=O) groups is 1. The molecule has 26 heavy (non-hydrogen) atoms. The lowest BCUT2D eigenvalue weighted by Gasteiger charge is -2.33. The maximum Gasteiger partial charge on any atom is 0.245 e. The molecule has 0 spiro atoms. The van der Waals surface area contributed by atoms with Gasteiger partial charge in [-0.25, -0.2) is 0 Å². The Kier molecular flexibility index (Phi) is 4.42. The minimum atomic E-state index is -0.363. The molecule has 1 aromatic carbocycles. The van der Waals surface area contributed by atoms with Crippen molar-refractivity contribution in [1.82, 2.24) is 24.9 Å². The molecule has 0 radical (unpaired) electrons. The van der Waals surface area contributed by atoms with Crippen LogP contribution in [0.1, 0.15) is 37.6 Å². The first-order valence-corrected chi connectivity index (χ1v) is 8.74. The van der Waals surface area contributed by atoms with Crippen molar-refractivity contribution in [1.29, 1.82) is 0 Å². The predicted molar refractivity (Wildman–Crippen MR) is 93.4 cm³/mol. The highest BCUT2D eigenvalue weighted by Crippen LogP contribution is 2.25. The molecule has 8 nitrogen and oxygen atoms in total. The summed E-state index contributed by atoms with van der Waals surface area (Å²) in [4.78, 5) is 14.7. The standard InChI is InChI=1S/C18H21N5O3/c1-12(2)17-20-21-18(26-17)15-11-25-8-7-22(15)16(24)10-23-14-6-4-3-5-13(14)9-19-23/h3-6,9,12,15H,7-8,10-11H2,1-2H3/t15-/m1/s1. The Morgan fingerprint density at radius 1 is 1.31 bits per heavy atom. The number of carbonyl (C=O) groups excluding carboxylic acids is 1. The van der Waals surface area contributed by atoms with Crippen molar-refractivity contribution in [2.45, 2.75) is 32.4 Å². The largest absolute Gasteiger partial charge is 0.423 e. The fraction of sp³-hybridized carbons (Fsp3) is 0.444. The second-order valence-electron chi connectivity index (χ2n) is 6.67. The van der Waals surface area contributed by atoms with E-state index in [9.17, 15) is 4.79 Å². The van der Waals surface area contributed by atoms with Gasteiger partial charge in [0, 0.05) is 17.8 Å². The maximum absolute atomic E-state index is 13.0. The zero-order valence-corrected chi connectivity index (χ0v) is 14.8. The normalized spacial score (nSPS) is 18.0. The van der Waals surface area contributed by atoms with Crippen LogP contribution in [0.2, 0.25) is 0 Å². The molecule has 136 valence electrons. The van der Waals surface area contributed by atoms with Gasteiger partial charge in [0.25, 0.3) is 0 Å². The molecule has 1 aliphatic heterocycles. The molecular weight excluding hydrogens is 334 g/mol. The Bertz CT molecular complexity index is 916. The third kappa shape index (κ3) is 3.08. The van der Waals surface area contributed by atoms with E-state index < -0.39 is 0 Å². The van der Waals surface area contributed by atoms with E-state index in [1.165, 1.54) is 0 Å². The fourth-order valence-corrected chi connectivity index (χ4v) is 3.09. The monoisotopic (exact) mass is 355 g/mol.